The van der Waals surface area contributed by atoms with Crippen LogP contribution >= 0.6 is 0 Å². The minimum Gasteiger partial charge on any atom is -0.497 e. The van der Waals surface area contributed by atoms with Crippen LogP contribution in [0.2, 0.25) is 0 Å². The summed E-state index contributed by atoms with van der Waals surface area (Å²) >= 11 is 0. The average molecular weight is 362 g/mol. The smallest absolute Gasteiger partial charge is 0.407 e. The topological polar surface area (TPSA) is 59.6 Å². The van der Waals surface area contributed by atoms with Crippen LogP contribution in [0.25, 0.3) is 0 Å². The third-order valence-corrected chi connectivity index (χ3v) is 3.23. The van der Waals surface area contributed by atoms with E-state index in [1.807, 2.05) is 5.32 Å². The van der Waals surface area contributed by atoms with E-state index in [9.17, 15) is 18.0 Å². The molecule has 0 aliphatic heterocycles. The molecule has 142 valence electrons. The molecule has 0 saturated carbocycles. The first-order valence-electron chi connectivity index (χ1n) is 7.85. The Hall–Kier alpha value is -1.96. The molecule has 0 spiro atoms. The Kier molecular flexibility index (Phi) is 7.10. The van der Waals surface area contributed by atoms with Gasteiger partial charge in [-0.2, -0.15) is 0 Å². The van der Waals surface area contributed by atoms with Crippen LogP contribution in [-0.2, 0) is 4.74 Å². The van der Waals surface area contributed by atoms with Gasteiger partial charge in [0, 0.05) is 17.7 Å². The van der Waals surface area contributed by atoms with E-state index in [0.717, 1.165) is 0 Å². The van der Waals surface area contributed by atoms with Crippen molar-refractivity contribution in [2.75, 3.05) is 20.2 Å². The first-order valence-corrected chi connectivity index (χ1v) is 7.85. The van der Waals surface area contributed by atoms with Crippen LogP contribution in [0, 0.1) is 5.82 Å². The Bertz CT molecular complexity index is 589. The Morgan fingerprint density at radius 3 is 2.40 bits per heavy atom. The van der Waals surface area contributed by atoms with Crippen LogP contribution in [0.4, 0.5) is 18.0 Å². The number of ether oxygens (including phenoxy) is 2. The predicted octanol–water partition coefficient (Wildman–Crippen LogP) is 3.64. The molecule has 0 saturated heterocycles. The van der Waals surface area contributed by atoms with Crippen LogP contribution in [0.5, 0.6) is 5.75 Å². The van der Waals surface area contributed by atoms with Crippen molar-refractivity contribution < 1.29 is 27.4 Å². The number of alkyl carbamates (subject to hydrolysis) is 1. The van der Waals surface area contributed by atoms with Crippen LogP contribution in [0.1, 0.15) is 39.3 Å². The molecule has 0 aliphatic rings. The predicted molar refractivity (Wildman–Crippen MR) is 88.6 cm³/mol. The van der Waals surface area contributed by atoms with Gasteiger partial charge >= 0.3 is 6.09 Å². The van der Waals surface area contributed by atoms with E-state index in [4.69, 9.17) is 9.47 Å². The van der Waals surface area contributed by atoms with Crippen molar-refractivity contribution in [2.45, 2.75) is 45.3 Å². The highest BCUT2D eigenvalue weighted by atomic mass is 19.3. The van der Waals surface area contributed by atoms with Crippen molar-refractivity contribution in [3.8, 4) is 5.75 Å². The number of rotatable bonds is 7. The molecule has 0 radical (unpaired) electrons. The molecule has 25 heavy (non-hydrogen) atoms. The highest BCUT2D eigenvalue weighted by Crippen LogP contribution is 2.22. The molecular weight excluding hydrogens is 337 g/mol. The number of hydrogen-bond acceptors (Lipinski definition) is 4. The van der Waals surface area contributed by atoms with Gasteiger partial charge in [-0.25, -0.2) is 18.0 Å². The zero-order valence-corrected chi connectivity index (χ0v) is 15.1. The van der Waals surface area contributed by atoms with Crippen molar-refractivity contribution in [2.24, 2.45) is 0 Å². The second-order valence-corrected chi connectivity index (χ2v) is 6.70. The lowest BCUT2D eigenvalue weighted by atomic mass is 10.1. The number of benzene rings is 1. The molecule has 1 aromatic rings. The summed E-state index contributed by atoms with van der Waals surface area (Å²) in [5, 5.41) is 4.59. The largest absolute Gasteiger partial charge is 0.497 e. The fourth-order valence-electron chi connectivity index (χ4n) is 1.98. The molecule has 1 aromatic carbocycles. The van der Waals surface area contributed by atoms with Gasteiger partial charge < -0.3 is 20.1 Å². The van der Waals surface area contributed by atoms with E-state index in [2.05, 4.69) is 5.32 Å². The Balaban J connectivity index is 2.53. The maximum atomic E-state index is 13.9. The third kappa shape index (κ3) is 7.64. The number of carbonyl (C=O) groups is 1. The lowest BCUT2D eigenvalue weighted by molar-refractivity contribution is -0.00531. The molecule has 1 unspecified atom stereocenters. The Labute approximate surface area is 145 Å². The van der Waals surface area contributed by atoms with E-state index in [1.54, 1.807) is 33.8 Å². The van der Waals surface area contributed by atoms with Gasteiger partial charge in [-0.15, -0.1) is 0 Å². The van der Waals surface area contributed by atoms with E-state index >= 15 is 0 Å². The summed E-state index contributed by atoms with van der Waals surface area (Å²) in [7, 11) is 1.41. The SMILES string of the molecule is COc1ccc(C(C)NCC(F)(F)CNC(=O)OC(C)(C)C)c(F)c1. The van der Waals surface area contributed by atoms with Gasteiger partial charge in [0.05, 0.1) is 20.2 Å². The summed E-state index contributed by atoms with van der Waals surface area (Å²) in [6.07, 6.45) is -0.915. The number of alkyl halides is 2. The van der Waals surface area contributed by atoms with Crippen LogP contribution in [0.3, 0.4) is 0 Å². The fraction of sp³-hybridized carbons (Fsp3) is 0.588. The van der Waals surface area contributed by atoms with Crippen LogP contribution in [-0.4, -0.2) is 37.8 Å². The van der Waals surface area contributed by atoms with Crippen molar-refractivity contribution in [1.82, 2.24) is 10.6 Å². The zero-order chi connectivity index (χ0) is 19.3. The average Bonchev–Trinajstić information content (AvgIpc) is 2.49. The molecule has 8 heteroatoms. The number of halogens is 3. The molecule has 2 N–H and O–H groups in total. The van der Waals surface area contributed by atoms with Crippen molar-refractivity contribution in [3.63, 3.8) is 0 Å². The van der Waals surface area contributed by atoms with E-state index in [0.29, 0.717) is 5.75 Å². The summed E-state index contributed by atoms with van der Waals surface area (Å²) in [4.78, 5) is 11.4. The monoisotopic (exact) mass is 362 g/mol. The number of methoxy groups -OCH3 is 1. The lowest BCUT2D eigenvalue weighted by Crippen LogP contribution is -2.45. The molecule has 0 heterocycles. The normalized spacial score (nSPS) is 13.3. The van der Waals surface area contributed by atoms with Gasteiger partial charge in [0.15, 0.2) is 0 Å². The molecular formula is C17H25F3N2O3. The maximum Gasteiger partial charge on any atom is 0.407 e. The Morgan fingerprint density at radius 2 is 1.88 bits per heavy atom. The molecule has 0 bridgehead atoms. The highest BCUT2D eigenvalue weighted by Gasteiger charge is 2.31. The van der Waals surface area contributed by atoms with Gasteiger partial charge in [-0.3, -0.25) is 0 Å². The van der Waals surface area contributed by atoms with Crippen molar-refractivity contribution >= 4 is 6.09 Å². The number of hydrogen-bond donors (Lipinski definition) is 2. The van der Waals surface area contributed by atoms with E-state index in [-0.39, 0.29) is 5.56 Å². The van der Waals surface area contributed by atoms with Crippen LogP contribution in [0.15, 0.2) is 18.2 Å². The number of carbonyl (C=O) groups excluding carboxylic acids is 1. The maximum absolute atomic E-state index is 13.9. The summed E-state index contributed by atoms with van der Waals surface area (Å²) in [6, 6.07) is 3.58. The van der Waals surface area contributed by atoms with Crippen molar-refractivity contribution in [3.05, 3.63) is 29.6 Å². The van der Waals surface area contributed by atoms with Gasteiger partial charge in [-0.1, -0.05) is 6.07 Å². The van der Waals surface area contributed by atoms with Gasteiger partial charge in [-0.05, 0) is 33.8 Å². The summed E-state index contributed by atoms with van der Waals surface area (Å²) in [6.45, 7) is 4.87. The van der Waals surface area contributed by atoms with Gasteiger partial charge in [0.25, 0.3) is 5.92 Å². The molecule has 1 atom stereocenters. The first kappa shape index (κ1) is 21.1. The second-order valence-electron chi connectivity index (χ2n) is 6.70. The third-order valence-electron chi connectivity index (χ3n) is 3.23. The summed E-state index contributed by atoms with van der Waals surface area (Å²) in [5.74, 6) is -3.41. The number of nitrogens with one attached hydrogen (secondary N) is 2. The quantitative estimate of drug-likeness (QED) is 0.777. The Morgan fingerprint density at radius 1 is 1.24 bits per heavy atom. The highest BCUT2D eigenvalue weighted by molar-refractivity contribution is 5.67. The lowest BCUT2D eigenvalue weighted by Gasteiger charge is -2.23. The fourth-order valence-corrected chi connectivity index (χ4v) is 1.98. The van der Waals surface area contributed by atoms with E-state index in [1.165, 1.54) is 19.2 Å². The van der Waals surface area contributed by atoms with E-state index < -0.39 is 42.6 Å². The van der Waals surface area contributed by atoms with Crippen molar-refractivity contribution in [1.29, 1.82) is 0 Å². The summed E-state index contributed by atoms with van der Waals surface area (Å²) in [5.41, 5.74) is -0.519. The molecule has 0 aromatic heterocycles. The minimum atomic E-state index is -3.21. The molecule has 5 nitrogen and oxygen atoms in total. The zero-order valence-electron chi connectivity index (χ0n) is 15.1. The number of amides is 1. The second kappa shape index (κ2) is 8.42. The molecule has 0 aliphatic carbocycles. The van der Waals surface area contributed by atoms with Gasteiger partial charge in [0.1, 0.15) is 17.2 Å². The summed E-state index contributed by atoms with van der Waals surface area (Å²) < 4.78 is 51.5. The molecule has 1 amide bonds. The minimum absolute atomic E-state index is 0.247. The van der Waals surface area contributed by atoms with Gasteiger partial charge in [0.2, 0.25) is 0 Å². The standard InChI is InChI=1S/C17H25F3N2O3/c1-11(13-7-6-12(24-5)8-14(13)18)21-9-17(19,20)10-22-15(23)25-16(2,3)4/h6-8,11,21H,9-10H2,1-5H3,(H,22,23). The molecule has 1 rings (SSSR count). The first-order chi connectivity index (χ1) is 11.4. The molecule has 0 fully saturated rings. The van der Waals surface area contributed by atoms with Crippen LogP contribution < -0.4 is 15.4 Å².